The maximum Gasteiger partial charge on any atom is 0.412 e. The number of nitrogens with one attached hydrogen (secondary N) is 2. The highest BCUT2D eigenvalue weighted by molar-refractivity contribution is 5.94. The lowest BCUT2D eigenvalue weighted by Gasteiger charge is -2.38. The van der Waals surface area contributed by atoms with Crippen LogP contribution in [0.2, 0.25) is 0 Å². The van der Waals surface area contributed by atoms with Gasteiger partial charge in [0, 0.05) is 62.5 Å². The van der Waals surface area contributed by atoms with Gasteiger partial charge in [0.25, 0.3) is 5.91 Å². The molecular formula is C30H42F3N5O4. The van der Waals surface area contributed by atoms with Crippen LogP contribution in [0.15, 0.2) is 30.1 Å². The van der Waals surface area contributed by atoms with Crippen LogP contribution in [-0.2, 0) is 14.2 Å². The number of aromatic nitrogens is 2. The highest BCUT2D eigenvalue weighted by Gasteiger charge is 2.38. The molecule has 3 aliphatic heterocycles. The maximum absolute atomic E-state index is 13.4. The van der Waals surface area contributed by atoms with Gasteiger partial charge in [-0.25, -0.2) is 9.97 Å². The average Bonchev–Trinajstić information content (AvgIpc) is 3.01. The van der Waals surface area contributed by atoms with Crippen molar-refractivity contribution in [3.05, 3.63) is 41.4 Å². The first-order valence-corrected chi connectivity index (χ1v) is 15.0. The van der Waals surface area contributed by atoms with Gasteiger partial charge in [-0.15, -0.1) is 0 Å². The summed E-state index contributed by atoms with van der Waals surface area (Å²) in [5.74, 6) is 0.168. The summed E-state index contributed by atoms with van der Waals surface area (Å²) in [5, 5.41) is 7.02. The number of piperidine rings is 1. The molecule has 0 spiro atoms. The Kier molecular flexibility index (Phi) is 10.2. The fraction of sp³-hybridized carbons (Fsp3) is 0.700. The zero-order chi connectivity index (χ0) is 29.7. The number of alkyl halides is 3. The molecule has 0 bridgehead atoms. The van der Waals surface area contributed by atoms with Crippen LogP contribution in [0.4, 0.5) is 19.0 Å². The van der Waals surface area contributed by atoms with E-state index in [-0.39, 0.29) is 42.6 Å². The predicted molar refractivity (Wildman–Crippen MR) is 151 cm³/mol. The van der Waals surface area contributed by atoms with Gasteiger partial charge in [-0.3, -0.25) is 4.79 Å². The molecule has 42 heavy (non-hydrogen) atoms. The number of carbonyl (C=O) groups excluding carboxylic acids is 1. The van der Waals surface area contributed by atoms with E-state index >= 15 is 0 Å². The zero-order valence-corrected chi connectivity index (χ0v) is 24.4. The number of allylic oxidation sites excluding steroid dienone is 3. The van der Waals surface area contributed by atoms with Gasteiger partial charge in [-0.2, -0.15) is 13.2 Å². The second-order valence-electron chi connectivity index (χ2n) is 11.7. The number of methoxy groups -OCH3 is 1. The molecule has 3 fully saturated rings. The van der Waals surface area contributed by atoms with E-state index in [9.17, 15) is 18.0 Å². The normalized spacial score (nSPS) is 29.3. The van der Waals surface area contributed by atoms with Gasteiger partial charge in [0.15, 0.2) is 0 Å². The second-order valence-corrected chi connectivity index (χ2v) is 11.7. The molecule has 0 saturated carbocycles. The lowest BCUT2D eigenvalue weighted by Crippen LogP contribution is -2.54. The van der Waals surface area contributed by atoms with Crippen LogP contribution < -0.4 is 10.6 Å². The Labute approximate surface area is 245 Å². The van der Waals surface area contributed by atoms with Crippen LogP contribution in [0.25, 0.3) is 0 Å². The van der Waals surface area contributed by atoms with E-state index in [0.717, 1.165) is 51.2 Å². The van der Waals surface area contributed by atoms with E-state index in [2.05, 4.69) is 20.6 Å². The number of hydrogen-bond donors (Lipinski definition) is 2. The smallest absolute Gasteiger partial charge is 0.379 e. The van der Waals surface area contributed by atoms with E-state index in [4.69, 9.17) is 14.2 Å². The molecule has 9 nitrogen and oxygen atoms in total. The van der Waals surface area contributed by atoms with Gasteiger partial charge in [0.05, 0.1) is 24.9 Å². The topological polar surface area (TPSA) is 97.8 Å². The van der Waals surface area contributed by atoms with Crippen molar-refractivity contribution in [3.8, 4) is 0 Å². The van der Waals surface area contributed by atoms with Gasteiger partial charge in [0.1, 0.15) is 17.8 Å². The number of halogens is 3. The molecule has 2 N–H and O–H groups in total. The van der Waals surface area contributed by atoms with Crippen molar-refractivity contribution >= 4 is 11.7 Å². The van der Waals surface area contributed by atoms with Crippen LogP contribution >= 0.6 is 0 Å². The summed E-state index contributed by atoms with van der Waals surface area (Å²) in [6.07, 6.45) is 6.14. The summed E-state index contributed by atoms with van der Waals surface area (Å²) >= 11 is 0. The molecule has 1 aromatic heterocycles. The van der Waals surface area contributed by atoms with E-state index in [1.807, 2.05) is 17.9 Å². The van der Waals surface area contributed by atoms with Crippen molar-refractivity contribution < 1.29 is 32.2 Å². The van der Waals surface area contributed by atoms with Crippen molar-refractivity contribution in [2.45, 2.75) is 88.4 Å². The molecule has 4 aliphatic rings. The molecule has 232 valence electrons. The number of carbonyl (C=O) groups is 1. The average molecular weight is 594 g/mol. The molecule has 5 atom stereocenters. The van der Waals surface area contributed by atoms with Crippen LogP contribution in [0.3, 0.4) is 0 Å². The fourth-order valence-corrected chi connectivity index (χ4v) is 6.46. The fourth-order valence-electron chi connectivity index (χ4n) is 6.46. The minimum absolute atomic E-state index is 0.0430. The molecule has 12 heteroatoms. The minimum Gasteiger partial charge on any atom is -0.379 e. The Morgan fingerprint density at radius 3 is 2.74 bits per heavy atom. The van der Waals surface area contributed by atoms with E-state index in [1.54, 1.807) is 7.11 Å². The first-order chi connectivity index (χ1) is 20.2. The molecule has 1 aliphatic carbocycles. The van der Waals surface area contributed by atoms with E-state index < -0.39 is 11.7 Å². The molecular weight excluding hydrogens is 551 g/mol. The number of amides is 1. The Bertz CT molecular complexity index is 1140. The quantitative estimate of drug-likeness (QED) is 0.463. The van der Waals surface area contributed by atoms with Crippen molar-refractivity contribution in [2.24, 2.45) is 5.92 Å². The van der Waals surface area contributed by atoms with Crippen molar-refractivity contribution in [3.63, 3.8) is 0 Å². The largest absolute Gasteiger partial charge is 0.412 e. The van der Waals surface area contributed by atoms with Crippen LogP contribution in [-0.4, -0.2) is 97.3 Å². The number of hydrogen-bond acceptors (Lipinski definition) is 8. The van der Waals surface area contributed by atoms with Gasteiger partial charge in [0.2, 0.25) is 0 Å². The number of anilines is 1. The Hall–Kier alpha value is -2.54. The van der Waals surface area contributed by atoms with Gasteiger partial charge < -0.3 is 29.7 Å². The maximum atomic E-state index is 13.4. The first kappa shape index (κ1) is 30.9. The third-order valence-corrected chi connectivity index (χ3v) is 8.96. The zero-order valence-electron chi connectivity index (χ0n) is 24.4. The summed E-state index contributed by atoms with van der Waals surface area (Å²) in [4.78, 5) is 24.0. The summed E-state index contributed by atoms with van der Waals surface area (Å²) in [5.41, 5.74) is 0.548. The Morgan fingerprint density at radius 2 is 1.98 bits per heavy atom. The molecule has 3 saturated heterocycles. The standard InChI is InChI=1S/C30H42F3N5O4/c1-19-27(29(39)38-12-9-22(10-13-38)37-24-11-14-41-17-26(24)40-2)35-18-36-28(19)34-16-23-7-4-8-25(42-23)20-5-3-6-21(15-20)30(31,32)33/h3,5-6,18,20,22-26,37H,4,7-17H2,1-2H3,(H,34,35,36)/t20?,23-,24+,25+,26-/m1/s1. The van der Waals surface area contributed by atoms with Crippen LogP contribution in [0.1, 0.15) is 61.0 Å². The lowest BCUT2D eigenvalue weighted by molar-refractivity contribution is -0.101. The monoisotopic (exact) mass is 593 g/mol. The number of nitrogens with zero attached hydrogens (tertiary/aromatic N) is 3. The summed E-state index contributed by atoms with van der Waals surface area (Å²) in [7, 11) is 1.71. The Morgan fingerprint density at radius 1 is 1.17 bits per heavy atom. The molecule has 4 heterocycles. The van der Waals surface area contributed by atoms with Gasteiger partial charge >= 0.3 is 6.18 Å². The van der Waals surface area contributed by atoms with E-state index in [1.165, 1.54) is 12.4 Å². The highest BCUT2D eigenvalue weighted by Crippen LogP contribution is 2.37. The van der Waals surface area contributed by atoms with Gasteiger partial charge in [-0.05, 0) is 51.9 Å². The number of ether oxygens (including phenoxy) is 3. The van der Waals surface area contributed by atoms with Crippen molar-refractivity contribution in [1.29, 1.82) is 0 Å². The van der Waals surface area contributed by atoms with Gasteiger partial charge in [-0.1, -0.05) is 18.2 Å². The van der Waals surface area contributed by atoms with Crippen LogP contribution in [0.5, 0.6) is 0 Å². The molecule has 1 unspecified atom stereocenters. The predicted octanol–water partition coefficient (Wildman–Crippen LogP) is 4.20. The second kappa shape index (κ2) is 13.8. The molecule has 5 rings (SSSR count). The number of likely N-dealkylation sites (tertiary alicyclic amines) is 1. The summed E-state index contributed by atoms with van der Waals surface area (Å²) in [6.45, 7) is 4.89. The lowest BCUT2D eigenvalue weighted by atomic mass is 9.85. The van der Waals surface area contributed by atoms with E-state index in [0.29, 0.717) is 49.4 Å². The van der Waals surface area contributed by atoms with Crippen molar-refractivity contribution in [2.75, 3.05) is 45.3 Å². The minimum atomic E-state index is -4.32. The van der Waals surface area contributed by atoms with Crippen LogP contribution in [0, 0.1) is 12.8 Å². The van der Waals surface area contributed by atoms with Crippen molar-refractivity contribution in [1.82, 2.24) is 20.2 Å². The highest BCUT2D eigenvalue weighted by atomic mass is 19.4. The molecule has 0 aromatic carbocycles. The first-order valence-electron chi connectivity index (χ1n) is 15.0. The molecule has 1 amide bonds. The Balaban J connectivity index is 1.12. The summed E-state index contributed by atoms with van der Waals surface area (Å²) in [6, 6.07) is 0.573. The third kappa shape index (κ3) is 7.50. The third-order valence-electron chi connectivity index (χ3n) is 8.96. The molecule has 1 aromatic rings. The molecule has 0 radical (unpaired) electrons. The summed E-state index contributed by atoms with van der Waals surface area (Å²) < 4.78 is 57.1. The SMILES string of the molecule is CO[C@@H]1COCC[C@@H]1NC1CCN(C(=O)c2ncnc(NC[C@H]3CCC[C@@H](C4C=CC=C(C(F)(F)F)C4)O3)c2C)CC1. The number of rotatable bonds is 8.